The summed E-state index contributed by atoms with van der Waals surface area (Å²) in [6, 6.07) is 12.7. The Kier molecular flexibility index (Phi) is 5.34. The summed E-state index contributed by atoms with van der Waals surface area (Å²) in [4.78, 5) is 39.4. The summed E-state index contributed by atoms with van der Waals surface area (Å²) >= 11 is 5.90. The Balaban J connectivity index is 1.65. The fourth-order valence-electron chi connectivity index (χ4n) is 3.41. The minimum Gasteiger partial charge on any atom is -0.372 e. The summed E-state index contributed by atoms with van der Waals surface area (Å²) in [6.07, 6.45) is -0.121. The lowest BCUT2D eigenvalue weighted by atomic mass is 9.97. The maximum absolute atomic E-state index is 13.1. The number of nitrogens with one attached hydrogen (secondary N) is 1. The highest BCUT2D eigenvalue weighted by molar-refractivity contribution is 6.31. The lowest BCUT2D eigenvalue weighted by molar-refractivity contribution is -0.124. The van der Waals surface area contributed by atoms with E-state index in [9.17, 15) is 19.5 Å². The third-order valence-electron chi connectivity index (χ3n) is 5.09. The van der Waals surface area contributed by atoms with Crippen molar-refractivity contribution in [2.24, 2.45) is 11.0 Å². The summed E-state index contributed by atoms with van der Waals surface area (Å²) in [7, 11) is 0. The fourth-order valence-corrected chi connectivity index (χ4v) is 3.54. The number of hydrogen-bond acceptors (Lipinski definition) is 5. The van der Waals surface area contributed by atoms with Crippen molar-refractivity contribution >= 4 is 46.5 Å². The molecule has 2 aromatic carbocycles. The largest absolute Gasteiger partial charge is 0.372 e. The van der Waals surface area contributed by atoms with Gasteiger partial charge in [0.15, 0.2) is 0 Å². The van der Waals surface area contributed by atoms with Crippen LogP contribution >= 0.6 is 11.6 Å². The Bertz CT molecular complexity index is 1130. The van der Waals surface area contributed by atoms with Crippen LogP contribution in [0.4, 0.5) is 16.2 Å². The van der Waals surface area contributed by atoms with Gasteiger partial charge in [0.1, 0.15) is 12.1 Å². The quantitative estimate of drug-likeness (QED) is 0.719. The van der Waals surface area contributed by atoms with E-state index in [0.717, 1.165) is 10.5 Å². The first kappa shape index (κ1) is 20.8. The normalized spacial score (nSPS) is 22.8. The van der Waals surface area contributed by atoms with E-state index in [0.29, 0.717) is 22.1 Å². The average Bonchev–Trinajstić information content (AvgIpc) is 3.01. The van der Waals surface area contributed by atoms with Crippen LogP contribution in [0.5, 0.6) is 0 Å². The van der Waals surface area contributed by atoms with E-state index in [1.807, 2.05) is 6.92 Å². The summed E-state index contributed by atoms with van der Waals surface area (Å²) in [5.74, 6) is -2.25. The standard InChI is InChI=1S/C22H19ClN4O4/c1-12-3-7-15(8-4-12)26-20(29)18(19(28)24-22(26)31)11-17-13(2)25-27(21(17)30)16-9-5-14(23)6-10-16/h3-11,18-19,28H,1-2H3,(H,24,31)/b17-11-. The Morgan fingerprint density at radius 3 is 2.26 bits per heavy atom. The number of anilines is 2. The molecule has 0 saturated carbocycles. The lowest BCUT2D eigenvalue weighted by Gasteiger charge is -2.33. The highest BCUT2D eigenvalue weighted by Crippen LogP contribution is 2.28. The molecule has 0 aliphatic carbocycles. The molecule has 0 aromatic heterocycles. The SMILES string of the molecule is CC1=NN(c2ccc(Cl)cc2)C(=O)/C1=C\C1C(=O)N(c2ccc(C)cc2)C(=O)NC1O. The Labute approximate surface area is 183 Å². The Hall–Kier alpha value is -3.49. The molecule has 2 atom stereocenters. The first-order valence-electron chi connectivity index (χ1n) is 9.53. The number of hydrogen-bond donors (Lipinski definition) is 2. The fraction of sp³-hybridized carbons (Fsp3) is 0.182. The number of aliphatic hydroxyl groups is 1. The van der Waals surface area contributed by atoms with Gasteiger partial charge in [-0.05, 0) is 50.2 Å². The van der Waals surface area contributed by atoms with Crippen LogP contribution in [0.25, 0.3) is 0 Å². The van der Waals surface area contributed by atoms with Crippen molar-refractivity contribution in [3.63, 3.8) is 0 Å². The van der Waals surface area contributed by atoms with Crippen molar-refractivity contribution in [3.05, 3.63) is 70.8 Å². The van der Waals surface area contributed by atoms with Crippen LogP contribution in [0.1, 0.15) is 12.5 Å². The van der Waals surface area contributed by atoms with Gasteiger partial charge in [0.25, 0.3) is 5.91 Å². The molecule has 0 radical (unpaired) electrons. The predicted molar refractivity (Wildman–Crippen MR) is 117 cm³/mol. The molecule has 9 heteroatoms. The number of amides is 4. The van der Waals surface area contributed by atoms with Crippen molar-refractivity contribution in [2.75, 3.05) is 9.91 Å². The second-order valence-electron chi connectivity index (χ2n) is 7.29. The number of rotatable bonds is 3. The van der Waals surface area contributed by atoms with E-state index in [2.05, 4.69) is 10.4 Å². The van der Waals surface area contributed by atoms with E-state index in [1.165, 1.54) is 11.1 Å². The third-order valence-corrected chi connectivity index (χ3v) is 5.34. The number of carbonyl (C=O) groups excluding carboxylic acids is 3. The number of urea groups is 1. The molecule has 1 fully saturated rings. The number of carbonyl (C=O) groups is 3. The van der Waals surface area contributed by atoms with Crippen LogP contribution in [-0.4, -0.2) is 34.9 Å². The molecule has 158 valence electrons. The van der Waals surface area contributed by atoms with Gasteiger partial charge in [0, 0.05) is 5.02 Å². The van der Waals surface area contributed by atoms with Crippen LogP contribution < -0.4 is 15.2 Å². The highest BCUT2D eigenvalue weighted by Gasteiger charge is 2.41. The van der Waals surface area contributed by atoms with Gasteiger partial charge in [0.05, 0.1) is 22.7 Å². The van der Waals surface area contributed by atoms with Crippen LogP contribution in [0.15, 0.2) is 65.3 Å². The van der Waals surface area contributed by atoms with Crippen molar-refractivity contribution in [1.29, 1.82) is 0 Å². The molecule has 4 amide bonds. The first-order chi connectivity index (χ1) is 14.8. The van der Waals surface area contributed by atoms with Gasteiger partial charge < -0.3 is 10.4 Å². The minimum absolute atomic E-state index is 0.173. The maximum Gasteiger partial charge on any atom is 0.330 e. The van der Waals surface area contributed by atoms with E-state index >= 15 is 0 Å². The van der Waals surface area contributed by atoms with Crippen molar-refractivity contribution < 1.29 is 19.5 Å². The zero-order valence-electron chi connectivity index (χ0n) is 16.7. The molecule has 2 aliphatic rings. The molecule has 8 nitrogen and oxygen atoms in total. The average molecular weight is 439 g/mol. The van der Waals surface area contributed by atoms with Crippen molar-refractivity contribution in [3.8, 4) is 0 Å². The number of halogens is 1. The van der Waals surface area contributed by atoms with Gasteiger partial charge in [0.2, 0.25) is 5.91 Å². The van der Waals surface area contributed by atoms with Crippen molar-refractivity contribution in [2.45, 2.75) is 20.1 Å². The first-order valence-corrected chi connectivity index (χ1v) is 9.90. The van der Waals surface area contributed by atoms with Gasteiger partial charge in [-0.3, -0.25) is 9.59 Å². The van der Waals surface area contributed by atoms with Gasteiger partial charge in [-0.2, -0.15) is 10.1 Å². The van der Waals surface area contributed by atoms with Gasteiger partial charge in [-0.15, -0.1) is 0 Å². The summed E-state index contributed by atoms with van der Waals surface area (Å²) < 4.78 is 0. The lowest BCUT2D eigenvalue weighted by Crippen LogP contribution is -2.60. The topological polar surface area (TPSA) is 102 Å². The number of aliphatic hydroxyl groups excluding tert-OH is 1. The van der Waals surface area contributed by atoms with Gasteiger partial charge in [-0.1, -0.05) is 35.4 Å². The van der Waals surface area contributed by atoms with Crippen LogP contribution in [0.3, 0.4) is 0 Å². The highest BCUT2D eigenvalue weighted by atomic mass is 35.5. The Morgan fingerprint density at radius 1 is 1.00 bits per heavy atom. The molecule has 31 heavy (non-hydrogen) atoms. The van der Waals surface area contributed by atoms with Crippen molar-refractivity contribution in [1.82, 2.24) is 5.32 Å². The molecule has 0 spiro atoms. The predicted octanol–water partition coefficient (Wildman–Crippen LogP) is 2.99. The number of imide groups is 1. The molecule has 0 bridgehead atoms. The molecule has 2 aromatic rings. The monoisotopic (exact) mass is 438 g/mol. The van der Waals surface area contributed by atoms with E-state index in [4.69, 9.17) is 11.6 Å². The minimum atomic E-state index is -1.47. The zero-order chi connectivity index (χ0) is 22.3. The molecule has 2 heterocycles. The Morgan fingerprint density at radius 2 is 1.61 bits per heavy atom. The smallest absolute Gasteiger partial charge is 0.330 e. The molecule has 2 unspecified atom stereocenters. The van der Waals surface area contributed by atoms with Crippen LogP contribution in [0.2, 0.25) is 5.02 Å². The second-order valence-corrected chi connectivity index (χ2v) is 7.72. The summed E-state index contributed by atoms with van der Waals surface area (Å²) in [5.41, 5.74) is 2.42. The van der Waals surface area contributed by atoms with E-state index in [1.54, 1.807) is 55.5 Å². The molecule has 4 rings (SSSR count). The van der Waals surface area contributed by atoms with E-state index < -0.39 is 30.0 Å². The maximum atomic E-state index is 13.1. The number of hydrazone groups is 1. The zero-order valence-corrected chi connectivity index (χ0v) is 17.5. The third kappa shape index (κ3) is 3.83. The number of aryl methyl sites for hydroxylation is 1. The molecular weight excluding hydrogens is 420 g/mol. The van der Waals surface area contributed by atoms with Gasteiger partial charge in [-0.25, -0.2) is 9.69 Å². The molecular formula is C22H19ClN4O4. The second kappa shape index (κ2) is 7.98. The van der Waals surface area contributed by atoms with Gasteiger partial charge >= 0.3 is 6.03 Å². The summed E-state index contributed by atoms with van der Waals surface area (Å²) in [5, 5.41) is 18.7. The van der Waals surface area contributed by atoms with Crippen LogP contribution in [-0.2, 0) is 9.59 Å². The number of benzene rings is 2. The molecule has 1 saturated heterocycles. The van der Waals surface area contributed by atoms with E-state index in [-0.39, 0.29) is 5.57 Å². The number of nitrogens with zero attached hydrogens (tertiary/aromatic N) is 3. The summed E-state index contributed by atoms with van der Waals surface area (Å²) in [6.45, 7) is 3.52. The van der Waals surface area contributed by atoms with Crippen LogP contribution in [0, 0.1) is 12.8 Å². The molecule has 2 N–H and O–H groups in total. The molecule has 2 aliphatic heterocycles.